The van der Waals surface area contributed by atoms with Gasteiger partial charge < -0.3 is 168 Å². The molecule has 12 aliphatic rings. The fraction of sp³-hybridized carbons (Fsp3) is 0.956. The van der Waals surface area contributed by atoms with Crippen molar-refractivity contribution in [1.29, 1.82) is 0 Å². The summed E-state index contributed by atoms with van der Waals surface area (Å²) >= 11 is 0. The van der Waals surface area contributed by atoms with Crippen LogP contribution in [0.1, 0.15) is 107 Å². The van der Waals surface area contributed by atoms with E-state index in [0.29, 0.717) is 32.1 Å². The van der Waals surface area contributed by atoms with E-state index in [9.17, 15) is 102 Å². The quantitative estimate of drug-likeness (QED) is 0.0366. The van der Waals surface area contributed by atoms with Crippen LogP contribution in [0.25, 0.3) is 0 Å². The van der Waals surface area contributed by atoms with Crippen molar-refractivity contribution in [1.82, 2.24) is 0 Å². The van der Waals surface area contributed by atoms with Gasteiger partial charge in [0.15, 0.2) is 43.8 Å². The number of esters is 1. The highest BCUT2D eigenvalue weighted by Crippen LogP contribution is 2.76. The molecule has 11 fully saturated rings. The predicted octanol–water partition coefficient (Wildman–Crippen LogP) is -7.04. The molecular formula is C68H110O35. The van der Waals surface area contributed by atoms with Crippen molar-refractivity contribution in [2.45, 2.75) is 309 Å². The monoisotopic (exact) mass is 1490 g/mol. The molecular weight excluding hydrogens is 1380 g/mol. The number of aliphatic hydroxyl groups excluding tert-OH is 19. The van der Waals surface area contributed by atoms with Crippen molar-refractivity contribution >= 4 is 5.97 Å². The summed E-state index contributed by atoms with van der Waals surface area (Å²) in [5, 5.41) is 224. The number of allylic oxidation sites excluding steroid dienone is 2. The zero-order chi connectivity index (χ0) is 75.1. The van der Waals surface area contributed by atoms with E-state index < -0.39 is 293 Å². The minimum Gasteiger partial charge on any atom is -0.432 e. The van der Waals surface area contributed by atoms with Gasteiger partial charge in [0.25, 0.3) is 0 Å². The Morgan fingerprint density at radius 3 is 1.72 bits per heavy atom. The third-order valence-electron chi connectivity index (χ3n) is 26.3. The maximum absolute atomic E-state index is 15.8. The van der Waals surface area contributed by atoms with Crippen LogP contribution in [0.5, 0.6) is 0 Å². The molecule has 0 aromatic carbocycles. The molecule has 0 bridgehead atoms. The average Bonchev–Trinajstić information content (AvgIpc) is 0.864. The summed E-state index contributed by atoms with van der Waals surface area (Å²) < 4.78 is 83.6. The van der Waals surface area contributed by atoms with E-state index >= 15 is 4.79 Å². The predicted molar refractivity (Wildman–Crippen MR) is 338 cm³/mol. The van der Waals surface area contributed by atoms with Gasteiger partial charge in [0.05, 0.1) is 76.8 Å². The topological polar surface area (TPSA) is 551 Å². The molecule has 0 radical (unpaired) electrons. The van der Waals surface area contributed by atoms with Gasteiger partial charge in [-0.25, -0.2) is 0 Å². The van der Waals surface area contributed by atoms with Crippen LogP contribution in [0.15, 0.2) is 11.6 Å². The molecule has 35 nitrogen and oxygen atoms in total. The maximum atomic E-state index is 15.8. The van der Waals surface area contributed by atoms with Crippen molar-refractivity contribution < 1.29 is 173 Å². The Morgan fingerprint density at radius 2 is 1.06 bits per heavy atom. The van der Waals surface area contributed by atoms with Crippen LogP contribution in [0.3, 0.4) is 0 Å². The van der Waals surface area contributed by atoms with Gasteiger partial charge >= 0.3 is 5.97 Å². The molecule has 7 heterocycles. The summed E-state index contributed by atoms with van der Waals surface area (Å²) in [6, 6.07) is 0. The second-order valence-corrected chi connectivity index (χ2v) is 33.1. The first-order valence-electron chi connectivity index (χ1n) is 36.0. The van der Waals surface area contributed by atoms with Gasteiger partial charge in [-0.1, -0.05) is 53.2 Å². The van der Waals surface area contributed by atoms with Crippen molar-refractivity contribution in [3.8, 4) is 0 Å². The van der Waals surface area contributed by atoms with Crippen LogP contribution in [0, 0.1) is 50.2 Å². The zero-order valence-corrected chi connectivity index (χ0v) is 59.0. The van der Waals surface area contributed by atoms with E-state index in [1.54, 1.807) is 6.92 Å². The maximum Gasteiger partial charge on any atom is 0.317 e. The minimum atomic E-state index is -2.26. The van der Waals surface area contributed by atoms with E-state index in [0.717, 1.165) is 5.57 Å². The molecule has 0 spiro atoms. The Bertz CT molecular complexity index is 2960. The van der Waals surface area contributed by atoms with Gasteiger partial charge in [0, 0.05) is 5.41 Å². The summed E-state index contributed by atoms with van der Waals surface area (Å²) in [5.41, 5.74) is -6.94. The fourth-order valence-corrected chi connectivity index (χ4v) is 20.0. The Kier molecular flexibility index (Phi) is 23.3. The lowest BCUT2D eigenvalue weighted by molar-refractivity contribution is -0.387. The van der Waals surface area contributed by atoms with Crippen molar-refractivity contribution in [3.63, 3.8) is 0 Å². The van der Waals surface area contributed by atoms with Crippen molar-refractivity contribution in [2.24, 2.45) is 50.2 Å². The van der Waals surface area contributed by atoms with E-state index in [1.807, 2.05) is 0 Å². The van der Waals surface area contributed by atoms with Gasteiger partial charge in [-0.2, -0.15) is 0 Å². The Balaban J connectivity index is 0.781. The van der Waals surface area contributed by atoms with Crippen LogP contribution in [0.2, 0.25) is 0 Å². The number of aliphatic hydroxyl groups is 20. The first kappa shape index (κ1) is 80.4. The van der Waals surface area contributed by atoms with E-state index in [-0.39, 0.29) is 31.1 Å². The fourth-order valence-electron chi connectivity index (χ4n) is 20.0. The zero-order valence-electron chi connectivity index (χ0n) is 59.0. The molecule has 7 aliphatic heterocycles. The number of rotatable bonds is 17. The Morgan fingerprint density at radius 1 is 0.495 bits per heavy atom. The largest absolute Gasteiger partial charge is 0.432 e. The molecule has 0 aromatic rings. The summed E-state index contributed by atoms with van der Waals surface area (Å²) in [6.07, 6.45) is -49.2. The van der Waals surface area contributed by atoms with Crippen LogP contribution in [-0.4, -0.2) is 357 Å². The molecule has 103 heavy (non-hydrogen) atoms. The number of carbonyl (C=O) groups is 1. The minimum absolute atomic E-state index is 0.0425. The molecule has 0 amide bonds. The summed E-state index contributed by atoms with van der Waals surface area (Å²) in [7, 11) is 0. The number of ether oxygens (including phenoxy) is 14. The van der Waals surface area contributed by atoms with Crippen LogP contribution >= 0.6 is 0 Å². The van der Waals surface area contributed by atoms with Gasteiger partial charge in [-0.3, -0.25) is 4.79 Å². The summed E-state index contributed by atoms with van der Waals surface area (Å²) in [5.74, 6) is -2.22. The van der Waals surface area contributed by atoms with Gasteiger partial charge in [-0.05, 0) is 105 Å². The molecule has 12 rings (SSSR count). The number of hydrogen-bond acceptors (Lipinski definition) is 35. The van der Waals surface area contributed by atoms with Crippen LogP contribution in [0.4, 0.5) is 0 Å². The molecule has 7 saturated heterocycles. The average molecular weight is 1490 g/mol. The Labute approximate surface area is 594 Å². The second-order valence-electron chi connectivity index (χ2n) is 33.1. The molecule has 35 heteroatoms. The summed E-state index contributed by atoms with van der Waals surface area (Å²) in [6.45, 7) is 10.5. The number of fused-ring (bicyclic) bond motifs is 7. The molecule has 4 saturated carbocycles. The number of hydrogen-bond donors (Lipinski definition) is 20. The third-order valence-corrected chi connectivity index (χ3v) is 26.3. The highest BCUT2D eigenvalue weighted by molar-refractivity contribution is 5.80. The first-order chi connectivity index (χ1) is 48.3. The lowest BCUT2D eigenvalue weighted by Crippen LogP contribution is -2.71. The van der Waals surface area contributed by atoms with Crippen molar-refractivity contribution in [3.05, 3.63) is 11.6 Å². The lowest BCUT2D eigenvalue weighted by Gasteiger charge is -2.72. The normalized spacial score (nSPS) is 55.9. The van der Waals surface area contributed by atoms with Gasteiger partial charge in [-0.15, -0.1) is 0 Å². The number of carbonyl (C=O) groups excluding carboxylic acids is 1. The highest BCUT2D eigenvalue weighted by Gasteiger charge is 2.74. The third kappa shape index (κ3) is 13.6. The van der Waals surface area contributed by atoms with E-state index in [1.165, 1.54) is 13.8 Å². The molecule has 41 atom stereocenters. The molecule has 0 unspecified atom stereocenters. The SMILES string of the molecule is C[C@@H]1O[C@@H](O[C@@H]2[C@@H](O)[C@H](O[C@@H]3[C@H](O[C@@H]4OC[C@](O)(CO)[C@H]4O)[C@@H](O)[C@H](O[C@H]4[C@@H](OC(=O)[C@]56CCC(C)(C)C[C@H]5C5=CC[C@@H]7[C@@]8(C)C[C@H](O)[C@H](O[C@@H]9O[C@H](CO)[C@@H](O)[C@H](O[C@@H]%10OC[C@@H](O)[C@H](O)[C@H]%10O)[C@H]9O)[C@@](C)(CO)[C@@H]8CC[C@@]7(C)[C@]5(C)C[C@H]6O)OC[C@@H](O)[C@H]4O)O[C@H]3C)OC[C@H]2O)[C@H](O)[C@H](O)[C@H]1O. The summed E-state index contributed by atoms with van der Waals surface area (Å²) in [4.78, 5) is 15.8. The first-order valence-corrected chi connectivity index (χ1v) is 36.0. The van der Waals surface area contributed by atoms with Gasteiger partial charge in [0.2, 0.25) is 6.29 Å². The molecule has 20 N–H and O–H groups in total. The highest BCUT2D eigenvalue weighted by atomic mass is 16.8. The van der Waals surface area contributed by atoms with E-state index in [4.69, 9.17) is 66.3 Å². The smallest absolute Gasteiger partial charge is 0.317 e. The molecule has 5 aliphatic carbocycles. The standard InChI is InChI=1S/C68H110O35/c1-25-37(77)41(81)43(83)56(94-25)98-48-32(75)21-91-55(44(48)84)97-47-26(2)95-57(46(86)50(47)100-60-52(87)67(89,23-71)24-93-60)101-51-39(79)31(74)20-92-59(51)103-61(88)68-14-13-62(3,4)15-28(68)27-9-10-35-63(5)16-29(72)53(64(6,22-70)34(63)11-12-65(35,7)66(27,8)17-36(68)76)102-58-45(85)49(40(80)33(18-69)96-58)99-54-42(82)38(78)30(73)19-90-54/h9,25-26,28-60,69-87,89H,10-24H2,1-8H3/t25-,26-,28-,29-,30+,31+,32+,33+,34+,35+,36+,37-,38-,39+,40+,41+,42+,43+,44+,45+,46+,47-,48-,49-,50+,51+,52-,53-,54-,55-,56-,57-,58-,59+,60-,63-,64-,65+,66+,67+,68+/m0/s1. The van der Waals surface area contributed by atoms with Crippen molar-refractivity contribution in [2.75, 3.05) is 46.2 Å². The molecule has 0 aromatic heterocycles. The van der Waals surface area contributed by atoms with E-state index in [2.05, 4.69) is 40.7 Å². The molecule has 592 valence electrons. The van der Waals surface area contributed by atoms with Crippen LogP contribution in [-0.2, 0) is 71.1 Å². The second kappa shape index (κ2) is 29.9. The lowest BCUT2D eigenvalue weighted by atomic mass is 9.33. The van der Waals surface area contributed by atoms with Gasteiger partial charge in [0.1, 0.15) is 127 Å². The Hall–Kier alpha value is -2.11. The van der Waals surface area contributed by atoms with Crippen LogP contribution < -0.4 is 0 Å².